The van der Waals surface area contributed by atoms with E-state index in [1.54, 1.807) is 18.2 Å². The van der Waals surface area contributed by atoms with Crippen molar-refractivity contribution >= 4 is 44.8 Å². The molecule has 0 fully saturated rings. The second-order valence-corrected chi connectivity index (χ2v) is 6.01. The van der Waals surface area contributed by atoms with E-state index in [1.807, 2.05) is 0 Å². The van der Waals surface area contributed by atoms with Gasteiger partial charge in [-0.3, -0.25) is 9.08 Å². The molecule has 104 valence electrons. The van der Waals surface area contributed by atoms with Crippen molar-refractivity contribution in [1.29, 1.82) is 0 Å². The SMILES string of the molecule is O=C1C(Cl)=CC(=NOS(=O)(=O)c2ccccc2)C=C1Cl. The predicted molar refractivity (Wildman–Crippen MR) is 75.0 cm³/mol. The Bertz CT molecular complexity index is 712. The van der Waals surface area contributed by atoms with Gasteiger partial charge in [-0.1, -0.05) is 46.6 Å². The summed E-state index contributed by atoms with van der Waals surface area (Å²) < 4.78 is 28.1. The van der Waals surface area contributed by atoms with Gasteiger partial charge in [0.05, 0.1) is 10.1 Å². The number of rotatable bonds is 3. The molecule has 0 amide bonds. The summed E-state index contributed by atoms with van der Waals surface area (Å²) in [6.45, 7) is 0. The lowest BCUT2D eigenvalue weighted by Crippen LogP contribution is -2.10. The Hall–Kier alpha value is -1.63. The van der Waals surface area contributed by atoms with Gasteiger partial charge >= 0.3 is 10.1 Å². The summed E-state index contributed by atoms with van der Waals surface area (Å²) in [6.07, 6.45) is 2.33. The lowest BCUT2D eigenvalue weighted by atomic mass is 10.1. The van der Waals surface area contributed by atoms with Gasteiger partial charge in [-0.15, -0.1) is 0 Å². The van der Waals surface area contributed by atoms with Gasteiger partial charge in [-0.05, 0) is 24.3 Å². The molecule has 0 unspecified atom stereocenters. The first-order valence-electron chi connectivity index (χ1n) is 5.26. The Labute approximate surface area is 125 Å². The van der Waals surface area contributed by atoms with Crippen LogP contribution in [0.3, 0.4) is 0 Å². The molecule has 0 atom stereocenters. The lowest BCUT2D eigenvalue weighted by Gasteiger charge is -2.06. The number of halogens is 2. The first-order valence-corrected chi connectivity index (χ1v) is 7.42. The van der Waals surface area contributed by atoms with Crippen LogP contribution >= 0.6 is 23.2 Å². The number of nitrogens with zero attached hydrogens (tertiary/aromatic N) is 1. The van der Waals surface area contributed by atoms with E-state index in [0.717, 1.165) is 12.2 Å². The Morgan fingerprint density at radius 3 is 2.10 bits per heavy atom. The van der Waals surface area contributed by atoms with Crippen LogP contribution in [-0.4, -0.2) is 19.9 Å². The predicted octanol–water partition coefficient (Wildman–Crippen LogP) is 2.58. The highest BCUT2D eigenvalue weighted by Crippen LogP contribution is 2.20. The number of allylic oxidation sites excluding steroid dienone is 4. The molecule has 2 rings (SSSR count). The molecule has 20 heavy (non-hydrogen) atoms. The molecule has 0 radical (unpaired) electrons. The molecule has 0 bridgehead atoms. The zero-order valence-corrected chi connectivity index (χ0v) is 12.1. The van der Waals surface area contributed by atoms with E-state index in [2.05, 4.69) is 9.44 Å². The topological polar surface area (TPSA) is 72.8 Å². The van der Waals surface area contributed by atoms with Crippen LogP contribution in [0.15, 0.2) is 62.6 Å². The minimum atomic E-state index is -4.03. The molecule has 5 nitrogen and oxygen atoms in total. The number of carbonyl (C=O) groups excluding carboxylic acids is 1. The van der Waals surface area contributed by atoms with E-state index >= 15 is 0 Å². The van der Waals surface area contributed by atoms with E-state index in [4.69, 9.17) is 23.2 Å². The van der Waals surface area contributed by atoms with Crippen molar-refractivity contribution in [3.8, 4) is 0 Å². The molecule has 0 heterocycles. The standard InChI is InChI=1S/C12H7Cl2NO4S/c13-10-6-8(7-11(14)12(10)16)15-19-20(17,18)9-4-2-1-3-5-9/h1-7H. The van der Waals surface area contributed by atoms with Crippen molar-refractivity contribution in [2.45, 2.75) is 4.90 Å². The number of oxime groups is 1. The third-order valence-corrected chi connectivity index (χ3v) is 3.94. The molecule has 0 N–H and O–H groups in total. The molecule has 1 aromatic carbocycles. The second-order valence-electron chi connectivity index (χ2n) is 3.67. The zero-order valence-electron chi connectivity index (χ0n) is 9.79. The Balaban J connectivity index is 2.24. The van der Waals surface area contributed by atoms with E-state index in [1.165, 1.54) is 12.1 Å². The van der Waals surface area contributed by atoms with E-state index in [9.17, 15) is 13.2 Å². The van der Waals surface area contributed by atoms with Gasteiger partial charge in [0.25, 0.3) is 0 Å². The highest BCUT2D eigenvalue weighted by Gasteiger charge is 2.19. The van der Waals surface area contributed by atoms with Crippen LogP contribution in [0.1, 0.15) is 0 Å². The fraction of sp³-hybridized carbons (Fsp3) is 0. The third kappa shape index (κ3) is 3.27. The fourth-order valence-electron chi connectivity index (χ4n) is 1.32. The normalized spacial score (nSPS) is 15.5. The van der Waals surface area contributed by atoms with Crippen LogP contribution in [0.5, 0.6) is 0 Å². The van der Waals surface area contributed by atoms with Gasteiger partial charge < -0.3 is 0 Å². The number of ketones is 1. The quantitative estimate of drug-likeness (QED) is 0.630. The number of Topliss-reactive ketones (excluding diaryl/α,β-unsaturated/α-hetero) is 1. The van der Waals surface area contributed by atoms with Gasteiger partial charge in [-0.25, -0.2) is 0 Å². The Morgan fingerprint density at radius 1 is 1.00 bits per heavy atom. The summed E-state index contributed by atoms with van der Waals surface area (Å²) in [5.74, 6) is -0.557. The fourth-order valence-corrected chi connectivity index (χ4v) is 2.56. The van der Waals surface area contributed by atoms with Gasteiger partial charge in [0.2, 0.25) is 5.78 Å². The third-order valence-electron chi connectivity index (χ3n) is 2.26. The van der Waals surface area contributed by atoms with E-state index < -0.39 is 15.9 Å². The number of carbonyl (C=O) groups is 1. The maximum Gasteiger partial charge on any atom is 0.358 e. The second kappa shape index (κ2) is 5.78. The molecule has 0 aliphatic heterocycles. The van der Waals surface area contributed by atoms with Crippen LogP contribution < -0.4 is 0 Å². The molecular formula is C12H7Cl2NO4S. The molecule has 0 aromatic heterocycles. The molecule has 0 saturated heterocycles. The molecule has 0 spiro atoms. The van der Waals surface area contributed by atoms with Gasteiger partial charge in [0.15, 0.2) is 0 Å². The van der Waals surface area contributed by atoms with Crippen molar-refractivity contribution < 1.29 is 17.5 Å². The molecule has 8 heteroatoms. The number of hydrogen-bond donors (Lipinski definition) is 0. The van der Waals surface area contributed by atoms with Crippen molar-refractivity contribution in [3.05, 3.63) is 52.5 Å². The van der Waals surface area contributed by atoms with Crippen LogP contribution in [0, 0.1) is 0 Å². The van der Waals surface area contributed by atoms with Gasteiger partial charge in [0.1, 0.15) is 10.6 Å². The van der Waals surface area contributed by atoms with Crippen molar-refractivity contribution in [3.63, 3.8) is 0 Å². The summed E-state index contributed by atoms with van der Waals surface area (Å²) in [5.41, 5.74) is 0.0270. The molecule has 1 aliphatic carbocycles. The average molecular weight is 332 g/mol. The molecule has 1 aromatic rings. The summed E-state index contributed by atoms with van der Waals surface area (Å²) in [4.78, 5) is 11.2. The first kappa shape index (κ1) is 14.8. The Morgan fingerprint density at radius 2 is 1.55 bits per heavy atom. The maximum atomic E-state index is 11.8. The van der Waals surface area contributed by atoms with Gasteiger partial charge in [-0.2, -0.15) is 8.42 Å². The summed E-state index contributed by atoms with van der Waals surface area (Å²) >= 11 is 11.2. The van der Waals surface area contributed by atoms with Crippen LogP contribution in [0.2, 0.25) is 0 Å². The number of hydrogen-bond acceptors (Lipinski definition) is 5. The van der Waals surface area contributed by atoms with Crippen molar-refractivity contribution in [2.24, 2.45) is 5.16 Å². The summed E-state index contributed by atoms with van der Waals surface area (Å²) in [5, 5.41) is 3.08. The molecule has 0 saturated carbocycles. The number of benzene rings is 1. The van der Waals surface area contributed by atoms with Crippen LogP contribution in [-0.2, 0) is 19.2 Å². The highest BCUT2D eigenvalue weighted by molar-refractivity contribution is 7.86. The van der Waals surface area contributed by atoms with Crippen LogP contribution in [0.25, 0.3) is 0 Å². The Kier molecular flexibility index (Phi) is 4.27. The minimum absolute atomic E-state index is 0.0270. The monoisotopic (exact) mass is 331 g/mol. The smallest absolute Gasteiger partial charge is 0.287 e. The molecular weight excluding hydrogens is 325 g/mol. The minimum Gasteiger partial charge on any atom is -0.287 e. The van der Waals surface area contributed by atoms with Crippen molar-refractivity contribution in [2.75, 3.05) is 0 Å². The van der Waals surface area contributed by atoms with E-state index in [-0.39, 0.29) is 20.7 Å². The van der Waals surface area contributed by atoms with Crippen molar-refractivity contribution in [1.82, 2.24) is 0 Å². The van der Waals surface area contributed by atoms with Gasteiger partial charge in [0, 0.05) is 0 Å². The first-order chi connectivity index (χ1) is 9.40. The highest BCUT2D eigenvalue weighted by atomic mass is 35.5. The summed E-state index contributed by atoms with van der Waals surface area (Å²) in [7, 11) is -4.03. The average Bonchev–Trinajstić information content (AvgIpc) is 2.43. The molecule has 1 aliphatic rings. The van der Waals surface area contributed by atoms with E-state index in [0.29, 0.717) is 0 Å². The maximum absolute atomic E-state index is 11.8. The summed E-state index contributed by atoms with van der Waals surface area (Å²) in [6, 6.07) is 7.51. The zero-order chi connectivity index (χ0) is 14.8. The van der Waals surface area contributed by atoms with Crippen LogP contribution in [0.4, 0.5) is 0 Å². The largest absolute Gasteiger partial charge is 0.358 e. The lowest BCUT2D eigenvalue weighted by molar-refractivity contribution is -0.111.